The fraction of sp³-hybridized carbons (Fsp3) is 0.320. The zero-order valence-corrected chi connectivity index (χ0v) is 16.8. The number of nitrogens with one attached hydrogen (secondary N) is 1. The van der Waals surface area contributed by atoms with E-state index in [0.717, 1.165) is 38.9 Å². The SMILES string of the molecule is Cc1[nH]c(-c2ccccc2)cc1CCN1CCC(C(=O)c2ccc(F)cc2)CC1. The van der Waals surface area contributed by atoms with Crippen molar-refractivity contribution in [2.75, 3.05) is 19.6 Å². The molecular formula is C25H27FN2O. The Morgan fingerprint density at radius 2 is 1.76 bits per heavy atom. The molecule has 4 heteroatoms. The van der Waals surface area contributed by atoms with Crippen LogP contribution in [0.3, 0.4) is 0 Å². The third-order valence-electron chi connectivity index (χ3n) is 5.99. The number of halogens is 1. The predicted octanol–water partition coefficient (Wildman–Crippen LogP) is 5.27. The van der Waals surface area contributed by atoms with Crippen molar-refractivity contribution in [2.24, 2.45) is 5.92 Å². The van der Waals surface area contributed by atoms with Gasteiger partial charge >= 0.3 is 0 Å². The number of rotatable bonds is 6. The molecule has 4 rings (SSSR count). The van der Waals surface area contributed by atoms with Gasteiger partial charge in [-0.1, -0.05) is 30.3 Å². The van der Waals surface area contributed by atoms with Crippen LogP contribution in [0.15, 0.2) is 60.7 Å². The van der Waals surface area contributed by atoms with Crippen molar-refractivity contribution in [2.45, 2.75) is 26.2 Å². The van der Waals surface area contributed by atoms with Gasteiger partial charge in [-0.3, -0.25) is 4.79 Å². The van der Waals surface area contributed by atoms with E-state index in [2.05, 4.69) is 47.1 Å². The number of aromatic amines is 1. The molecule has 0 atom stereocenters. The molecule has 0 radical (unpaired) electrons. The van der Waals surface area contributed by atoms with Gasteiger partial charge in [-0.15, -0.1) is 0 Å². The van der Waals surface area contributed by atoms with Crippen molar-refractivity contribution in [1.29, 1.82) is 0 Å². The average Bonchev–Trinajstić information content (AvgIpc) is 3.14. The topological polar surface area (TPSA) is 36.1 Å². The molecule has 3 nitrogen and oxygen atoms in total. The van der Waals surface area contributed by atoms with Crippen molar-refractivity contribution in [3.8, 4) is 11.3 Å². The summed E-state index contributed by atoms with van der Waals surface area (Å²) in [4.78, 5) is 18.6. The minimum absolute atomic E-state index is 0.0513. The van der Waals surface area contributed by atoms with Gasteiger partial charge in [-0.05, 0) is 80.7 Å². The molecule has 1 aliphatic rings. The lowest BCUT2D eigenvalue weighted by Gasteiger charge is -2.31. The van der Waals surface area contributed by atoms with E-state index in [1.807, 2.05) is 6.07 Å². The molecule has 0 bridgehead atoms. The molecule has 1 aromatic heterocycles. The van der Waals surface area contributed by atoms with Gasteiger partial charge < -0.3 is 9.88 Å². The highest BCUT2D eigenvalue weighted by Crippen LogP contribution is 2.24. The molecule has 1 saturated heterocycles. The second-order valence-corrected chi connectivity index (χ2v) is 7.94. The highest BCUT2D eigenvalue weighted by molar-refractivity contribution is 5.97. The molecule has 1 N–H and O–H groups in total. The van der Waals surface area contributed by atoms with Crippen molar-refractivity contribution < 1.29 is 9.18 Å². The van der Waals surface area contributed by atoms with E-state index in [1.165, 1.54) is 34.6 Å². The van der Waals surface area contributed by atoms with Crippen molar-refractivity contribution >= 4 is 5.78 Å². The van der Waals surface area contributed by atoms with Gasteiger partial charge in [0.2, 0.25) is 0 Å². The zero-order chi connectivity index (χ0) is 20.2. The summed E-state index contributed by atoms with van der Waals surface area (Å²) in [6.45, 7) is 5.01. The standard InChI is InChI=1S/C25H27FN2O/c1-18-22(17-24(27-18)19-5-3-2-4-6-19)13-16-28-14-11-21(12-15-28)25(29)20-7-9-23(26)10-8-20/h2-10,17,21,27H,11-16H2,1H3. The third kappa shape index (κ3) is 4.65. The molecule has 0 unspecified atom stereocenters. The van der Waals surface area contributed by atoms with Gasteiger partial charge in [0, 0.05) is 29.4 Å². The number of benzene rings is 2. The summed E-state index contributed by atoms with van der Waals surface area (Å²) in [5.74, 6) is -0.0964. The van der Waals surface area contributed by atoms with Crippen molar-refractivity contribution in [1.82, 2.24) is 9.88 Å². The van der Waals surface area contributed by atoms with Crippen molar-refractivity contribution in [3.63, 3.8) is 0 Å². The minimum Gasteiger partial charge on any atom is -0.358 e. The first-order chi connectivity index (χ1) is 14.1. The molecule has 1 fully saturated rings. The molecule has 1 aliphatic heterocycles. The van der Waals surface area contributed by atoms with E-state index in [9.17, 15) is 9.18 Å². The van der Waals surface area contributed by atoms with Crippen LogP contribution in [0.2, 0.25) is 0 Å². The number of ketones is 1. The fourth-order valence-corrected chi connectivity index (χ4v) is 4.18. The molecule has 0 aliphatic carbocycles. The highest BCUT2D eigenvalue weighted by atomic mass is 19.1. The summed E-state index contributed by atoms with van der Waals surface area (Å²) in [6, 6.07) is 18.6. The number of hydrogen-bond acceptors (Lipinski definition) is 2. The van der Waals surface area contributed by atoms with Gasteiger partial charge in [0.1, 0.15) is 5.82 Å². The van der Waals surface area contributed by atoms with E-state index in [4.69, 9.17) is 0 Å². The normalized spacial score (nSPS) is 15.5. The Labute approximate surface area is 171 Å². The number of nitrogens with zero attached hydrogens (tertiary/aromatic N) is 1. The second-order valence-electron chi connectivity index (χ2n) is 7.94. The lowest BCUT2D eigenvalue weighted by atomic mass is 9.89. The largest absolute Gasteiger partial charge is 0.358 e. The Balaban J connectivity index is 1.30. The Kier molecular flexibility index (Phi) is 5.91. The summed E-state index contributed by atoms with van der Waals surface area (Å²) < 4.78 is 13.1. The van der Waals surface area contributed by atoms with E-state index < -0.39 is 0 Å². The van der Waals surface area contributed by atoms with Crippen LogP contribution >= 0.6 is 0 Å². The molecule has 0 saturated carbocycles. The number of Topliss-reactive ketones (excluding diaryl/α,β-unsaturated/α-hetero) is 1. The number of piperidine rings is 1. The lowest BCUT2D eigenvalue weighted by molar-refractivity contribution is 0.0841. The first-order valence-electron chi connectivity index (χ1n) is 10.4. The average molecular weight is 391 g/mol. The van der Waals surface area contributed by atoms with E-state index in [1.54, 1.807) is 12.1 Å². The van der Waals surface area contributed by atoms with Crippen LogP contribution in [0.4, 0.5) is 4.39 Å². The summed E-state index contributed by atoms with van der Waals surface area (Å²) >= 11 is 0. The molecule has 0 amide bonds. The molecule has 2 aromatic carbocycles. The maximum absolute atomic E-state index is 13.1. The Morgan fingerprint density at radius 3 is 2.45 bits per heavy atom. The van der Waals surface area contributed by atoms with Crippen molar-refractivity contribution in [3.05, 3.63) is 83.3 Å². The smallest absolute Gasteiger partial charge is 0.166 e. The number of carbonyl (C=O) groups excluding carboxylic acids is 1. The third-order valence-corrected chi connectivity index (χ3v) is 5.99. The van der Waals surface area contributed by atoms with Gasteiger partial charge in [0.05, 0.1) is 0 Å². The highest BCUT2D eigenvalue weighted by Gasteiger charge is 2.25. The lowest BCUT2D eigenvalue weighted by Crippen LogP contribution is -2.37. The van der Waals surface area contributed by atoms with Crippen LogP contribution in [0.5, 0.6) is 0 Å². The molecule has 0 spiro atoms. The fourth-order valence-electron chi connectivity index (χ4n) is 4.18. The minimum atomic E-state index is -0.299. The summed E-state index contributed by atoms with van der Waals surface area (Å²) in [5.41, 5.74) is 5.59. The number of likely N-dealkylation sites (tertiary alicyclic amines) is 1. The van der Waals surface area contributed by atoms with Crippen LogP contribution in [0.1, 0.15) is 34.5 Å². The van der Waals surface area contributed by atoms with Gasteiger partial charge in [-0.25, -0.2) is 4.39 Å². The predicted molar refractivity (Wildman–Crippen MR) is 115 cm³/mol. The number of aromatic nitrogens is 1. The monoisotopic (exact) mass is 390 g/mol. The first kappa shape index (κ1) is 19.6. The van der Waals surface area contributed by atoms with Crippen LogP contribution in [-0.2, 0) is 6.42 Å². The number of hydrogen-bond donors (Lipinski definition) is 1. The summed E-state index contributed by atoms with van der Waals surface area (Å²) in [5, 5.41) is 0. The Hall–Kier alpha value is -2.72. The van der Waals surface area contributed by atoms with Crippen LogP contribution in [0, 0.1) is 18.7 Å². The molecule has 150 valence electrons. The van der Waals surface area contributed by atoms with Gasteiger partial charge in [-0.2, -0.15) is 0 Å². The summed E-state index contributed by atoms with van der Waals surface area (Å²) in [7, 11) is 0. The Bertz CT molecular complexity index is 954. The van der Waals surface area contributed by atoms with Gasteiger partial charge in [0.25, 0.3) is 0 Å². The molecule has 2 heterocycles. The van der Waals surface area contributed by atoms with Gasteiger partial charge in [0.15, 0.2) is 5.78 Å². The molecular weight excluding hydrogens is 363 g/mol. The molecule has 29 heavy (non-hydrogen) atoms. The molecule has 3 aromatic rings. The second kappa shape index (κ2) is 8.75. The maximum Gasteiger partial charge on any atom is 0.166 e. The first-order valence-corrected chi connectivity index (χ1v) is 10.4. The zero-order valence-electron chi connectivity index (χ0n) is 16.8. The van der Waals surface area contributed by atoms with E-state index in [-0.39, 0.29) is 17.5 Å². The number of carbonyl (C=O) groups is 1. The van der Waals surface area contributed by atoms with Crippen LogP contribution < -0.4 is 0 Å². The quantitative estimate of drug-likeness (QED) is 0.582. The Morgan fingerprint density at radius 1 is 1.07 bits per heavy atom. The maximum atomic E-state index is 13.1. The van der Waals surface area contributed by atoms with E-state index in [0.29, 0.717) is 5.56 Å². The number of aryl methyl sites for hydroxylation is 1. The van der Waals surface area contributed by atoms with Crippen LogP contribution in [0.25, 0.3) is 11.3 Å². The van der Waals surface area contributed by atoms with E-state index >= 15 is 0 Å². The summed E-state index contributed by atoms with van der Waals surface area (Å²) in [6.07, 6.45) is 2.75. The van der Waals surface area contributed by atoms with Crippen LogP contribution in [-0.4, -0.2) is 35.3 Å². The number of H-pyrrole nitrogens is 1.